The molecular weight excluding hydrogens is 442 g/mol. The molecule has 4 rings (SSSR count). The highest BCUT2D eigenvalue weighted by Crippen LogP contribution is 2.25. The van der Waals surface area contributed by atoms with Crippen LogP contribution in [0.25, 0.3) is 10.9 Å². The summed E-state index contributed by atoms with van der Waals surface area (Å²) in [5.41, 5.74) is 6.56. The van der Waals surface area contributed by atoms with Gasteiger partial charge in [-0.15, -0.1) is 0 Å². The van der Waals surface area contributed by atoms with Gasteiger partial charge in [-0.3, -0.25) is 5.43 Å². The number of benzene rings is 2. The minimum absolute atomic E-state index is 0.308. The number of nitrogens with zero attached hydrogens (tertiary/aromatic N) is 2. The number of aromatic nitrogens is 1. The number of fused-ring (bicyclic) bond motifs is 1. The van der Waals surface area contributed by atoms with Crippen LogP contribution in [0.15, 0.2) is 58.7 Å². The topological polar surface area (TPSA) is 89.6 Å². The van der Waals surface area contributed by atoms with E-state index in [1.165, 1.54) is 5.56 Å². The predicted molar refractivity (Wildman–Crippen MR) is 134 cm³/mol. The zero-order valence-corrected chi connectivity index (χ0v) is 19.6. The zero-order chi connectivity index (χ0) is 22.6. The number of aryl methyl sites for hydroxylation is 1. The average Bonchev–Trinajstić information content (AvgIpc) is 3.22. The Morgan fingerprint density at radius 3 is 2.78 bits per heavy atom. The first kappa shape index (κ1) is 22.4. The molecule has 1 saturated heterocycles. The molecule has 1 aliphatic heterocycles. The van der Waals surface area contributed by atoms with Crippen LogP contribution >= 0.6 is 12.2 Å². The van der Waals surface area contributed by atoms with Gasteiger partial charge in [0.15, 0.2) is 5.11 Å². The van der Waals surface area contributed by atoms with Crippen molar-refractivity contribution in [2.24, 2.45) is 5.10 Å². The molecule has 7 nitrogen and oxygen atoms in total. The van der Waals surface area contributed by atoms with Crippen LogP contribution in [0.4, 0.5) is 5.69 Å². The summed E-state index contributed by atoms with van der Waals surface area (Å²) in [6.45, 7) is 3.26. The summed E-state index contributed by atoms with van der Waals surface area (Å²) in [7, 11) is -3.49. The maximum absolute atomic E-state index is 13.0. The minimum atomic E-state index is -3.49. The molecule has 0 bridgehead atoms. The molecule has 3 aromatic rings. The molecule has 3 N–H and O–H groups in total. The molecular formula is C23H27N5O2S2. The van der Waals surface area contributed by atoms with Crippen molar-refractivity contribution in [3.63, 3.8) is 0 Å². The van der Waals surface area contributed by atoms with E-state index in [0.717, 1.165) is 47.8 Å². The van der Waals surface area contributed by atoms with Crippen molar-refractivity contribution in [3.05, 3.63) is 59.8 Å². The smallest absolute Gasteiger partial charge is 0.243 e. The Morgan fingerprint density at radius 1 is 1.19 bits per heavy atom. The number of piperidine rings is 1. The van der Waals surface area contributed by atoms with Gasteiger partial charge in [0.05, 0.1) is 11.1 Å². The molecule has 1 fully saturated rings. The number of H-pyrrole nitrogens is 1. The monoisotopic (exact) mass is 469 g/mol. The van der Waals surface area contributed by atoms with Gasteiger partial charge in [0.1, 0.15) is 0 Å². The molecule has 168 valence electrons. The number of thiocarbonyl (C=S) groups is 1. The van der Waals surface area contributed by atoms with Crippen molar-refractivity contribution in [2.75, 3.05) is 18.4 Å². The molecule has 32 heavy (non-hydrogen) atoms. The van der Waals surface area contributed by atoms with Crippen LogP contribution in [-0.2, 0) is 16.4 Å². The summed E-state index contributed by atoms with van der Waals surface area (Å²) in [4.78, 5) is 3.47. The number of nitrogens with one attached hydrogen (secondary N) is 3. The van der Waals surface area contributed by atoms with Gasteiger partial charge in [-0.25, -0.2) is 8.42 Å². The number of anilines is 1. The Morgan fingerprint density at radius 2 is 2.00 bits per heavy atom. The lowest BCUT2D eigenvalue weighted by atomic mass is 10.1. The van der Waals surface area contributed by atoms with Gasteiger partial charge in [0, 0.05) is 41.4 Å². The van der Waals surface area contributed by atoms with Gasteiger partial charge in [0.25, 0.3) is 0 Å². The largest absolute Gasteiger partial charge is 0.361 e. The number of hydrazone groups is 1. The summed E-state index contributed by atoms with van der Waals surface area (Å²) in [5, 5.41) is 8.51. The minimum Gasteiger partial charge on any atom is -0.361 e. The lowest BCUT2D eigenvalue weighted by Gasteiger charge is -2.25. The summed E-state index contributed by atoms with van der Waals surface area (Å²) in [6.07, 6.45) is 7.28. The van der Waals surface area contributed by atoms with Crippen LogP contribution in [0.3, 0.4) is 0 Å². The number of rotatable bonds is 6. The standard InChI is InChI=1S/C23H27N5O2S2/c1-2-17-7-6-8-19(13-17)26-23(31)27-25-16-18-15-24-22-10-9-20(14-21(18)22)32(29,30)28-11-4-3-5-12-28/h6-10,13-16,24H,2-5,11-12H2,1H3,(H2,26,27,31). The molecule has 2 aromatic carbocycles. The van der Waals surface area contributed by atoms with Crippen LogP contribution in [-0.4, -0.2) is 42.1 Å². The molecule has 9 heteroatoms. The molecule has 1 aromatic heterocycles. The highest BCUT2D eigenvalue weighted by atomic mass is 32.2. The van der Waals surface area contributed by atoms with Crippen molar-refractivity contribution in [3.8, 4) is 0 Å². The highest BCUT2D eigenvalue weighted by molar-refractivity contribution is 7.89. The van der Waals surface area contributed by atoms with Crippen molar-refractivity contribution >= 4 is 50.2 Å². The second-order valence-electron chi connectivity index (χ2n) is 7.79. The van der Waals surface area contributed by atoms with E-state index in [2.05, 4.69) is 33.8 Å². The molecule has 0 unspecified atom stereocenters. The second kappa shape index (κ2) is 9.81. The van der Waals surface area contributed by atoms with E-state index in [9.17, 15) is 8.42 Å². The number of hydrogen-bond acceptors (Lipinski definition) is 4. The lowest BCUT2D eigenvalue weighted by Crippen LogP contribution is -2.35. The maximum atomic E-state index is 13.0. The van der Waals surface area contributed by atoms with Crippen LogP contribution < -0.4 is 10.7 Å². The summed E-state index contributed by atoms with van der Waals surface area (Å²) in [5.74, 6) is 0. The SMILES string of the molecule is CCc1cccc(NC(=S)NN=Cc2c[nH]c3ccc(S(=O)(=O)N4CCCCC4)cc23)c1. The Hall–Kier alpha value is -2.75. The van der Waals surface area contributed by atoms with Gasteiger partial charge in [0.2, 0.25) is 10.0 Å². The fourth-order valence-corrected chi connectivity index (χ4v) is 5.55. The molecule has 0 saturated carbocycles. The quantitative estimate of drug-likeness (QED) is 0.286. The van der Waals surface area contributed by atoms with Gasteiger partial charge < -0.3 is 10.3 Å². The molecule has 0 radical (unpaired) electrons. The molecule has 0 atom stereocenters. The molecule has 0 amide bonds. The van der Waals surface area contributed by atoms with E-state index in [4.69, 9.17) is 12.2 Å². The number of aromatic amines is 1. The molecule has 0 aliphatic carbocycles. The Kier molecular flexibility index (Phi) is 6.88. The van der Waals surface area contributed by atoms with Crippen LogP contribution in [0.1, 0.15) is 37.3 Å². The van der Waals surface area contributed by atoms with E-state index >= 15 is 0 Å². The van der Waals surface area contributed by atoms with Crippen molar-refractivity contribution in [1.29, 1.82) is 0 Å². The summed E-state index contributed by atoms with van der Waals surface area (Å²) >= 11 is 5.32. The van der Waals surface area contributed by atoms with Crippen LogP contribution in [0.5, 0.6) is 0 Å². The number of sulfonamides is 1. The summed E-state index contributed by atoms with van der Waals surface area (Å²) < 4.78 is 27.6. The van der Waals surface area contributed by atoms with E-state index in [-0.39, 0.29) is 0 Å². The normalized spacial score (nSPS) is 15.3. The van der Waals surface area contributed by atoms with E-state index < -0.39 is 10.0 Å². The predicted octanol–water partition coefficient (Wildman–Crippen LogP) is 4.23. The van der Waals surface area contributed by atoms with Gasteiger partial charge in [-0.1, -0.05) is 25.5 Å². The summed E-state index contributed by atoms with van der Waals surface area (Å²) in [6, 6.07) is 13.2. The fourth-order valence-electron chi connectivity index (χ4n) is 3.83. The first-order valence-corrected chi connectivity index (χ1v) is 12.6. The van der Waals surface area contributed by atoms with Gasteiger partial charge in [-0.05, 0) is 67.4 Å². The Bertz CT molecular complexity index is 1240. The van der Waals surface area contributed by atoms with E-state index in [1.54, 1.807) is 34.9 Å². The van der Waals surface area contributed by atoms with Crippen molar-refractivity contribution in [1.82, 2.24) is 14.7 Å². The molecule has 1 aliphatic rings. The fraction of sp³-hybridized carbons (Fsp3) is 0.304. The highest BCUT2D eigenvalue weighted by Gasteiger charge is 2.26. The molecule has 0 spiro atoms. The first-order chi connectivity index (χ1) is 15.5. The third kappa shape index (κ3) is 5.01. The van der Waals surface area contributed by atoms with E-state index in [0.29, 0.717) is 23.1 Å². The second-order valence-corrected chi connectivity index (χ2v) is 10.1. The van der Waals surface area contributed by atoms with Crippen LogP contribution in [0, 0.1) is 0 Å². The van der Waals surface area contributed by atoms with Crippen LogP contribution in [0.2, 0.25) is 0 Å². The third-order valence-corrected chi connectivity index (χ3v) is 7.69. The van der Waals surface area contributed by atoms with Crippen molar-refractivity contribution in [2.45, 2.75) is 37.5 Å². The Labute approximate surface area is 194 Å². The number of hydrogen-bond donors (Lipinski definition) is 3. The molecule has 2 heterocycles. The average molecular weight is 470 g/mol. The van der Waals surface area contributed by atoms with Crippen molar-refractivity contribution < 1.29 is 8.42 Å². The van der Waals surface area contributed by atoms with Gasteiger partial charge >= 0.3 is 0 Å². The van der Waals surface area contributed by atoms with Gasteiger partial charge in [-0.2, -0.15) is 9.41 Å². The zero-order valence-electron chi connectivity index (χ0n) is 18.0. The van der Waals surface area contributed by atoms with E-state index in [1.807, 2.05) is 18.2 Å². The third-order valence-electron chi connectivity index (χ3n) is 5.60. The Balaban J connectivity index is 1.47. The maximum Gasteiger partial charge on any atom is 0.243 e. The first-order valence-electron chi connectivity index (χ1n) is 10.8. The lowest BCUT2D eigenvalue weighted by molar-refractivity contribution is 0.346.